The zero-order chi connectivity index (χ0) is 16.4. The zero-order valence-corrected chi connectivity index (χ0v) is 13.3. The second kappa shape index (κ2) is 5.89. The van der Waals surface area contributed by atoms with Crippen LogP contribution in [0.4, 0.5) is 5.95 Å². The van der Waals surface area contributed by atoms with Crippen molar-refractivity contribution in [1.82, 2.24) is 29.7 Å². The van der Waals surface area contributed by atoms with Gasteiger partial charge in [0.15, 0.2) is 0 Å². The fourth-order valence-corrected chi connectivity index (χ4v) is 3.25. The molecule has 3 aromatic rings. The average Bonchev–Trinajstić information content (AvgIpc) is 2.95. The summed E-state index contributed by atoms with van der Waals surface area (Å²) in [5.41, 5.74) is 0.606. The largest absolute Gasteiger partial charge is 0.267 e. The van der Waals surface area contributed by atoms with Crippen LogP contribution in [0.25, 0.3) is 5.95 Å². The fourth-order valence-electron chi connectivity index (χ4n) is 1.75. The van der Waals surface area contributed by atoms with Gasteiger partial charge >= 0.3 is 0 Å². The van der Waals surface area contributed by atoms with E-state index in [0.29, 0.717) is 5.69 Å². The lowest BCUT2D eigenvalue weighted by atomic mass is 10.4. The smallest absolute Gasteiger partial charge is 0.247 e. The van der Waals surface area contributed by atoms with Crippen LogP contribution in [0.1, 0.15) is 5.69 Å². The predicted molar refractivity (Wildman–Crippen MR) is 81.7 cm³/mol. The van der Waals surface area contributed by atoms with Crippen molar-refractivity contribution in [2.75, 3.05) is 4.72 Å². The first-order valence-corrected chi connectivity index (χ1v) is 8.17. The van der Waals surface area contributed by atoms with Crippen LogP contribution in [-0.2, 0) is 10.0 Å². The molecular formula is C12H10ClN7O2S. The molecule has 0 aliphatic rings. The summed E-state index contributed by atoms with van der Waals surface area (Å²) in [6, 6.07) is 4.54. The Hall–Kier alpha value is -2.59. The number of rotatable bonds is 4. The first-order chi connectivity index (χ1) is 11.0. The summed E-state index contributed by atoms with van der Waals surface area (Å²) in [5.74, 6) is 0.115. The molecule has 0 atom stereocenters. The van der Waals surface area contributed by atoms with Crippen LogP contribution in [0, 0.1) is 6.92 Å². The Balaban J connectivity index is 1.98. The third kappa shape index (κ3) is 3.12. The van der Waals surface area contributed by atoms with Gasteiger partial charge in [-0.1, -0.05) is 11.6 Å². The predicted octanol–water partition coefficient (Wildman–Crippen LogP) is 1.21. The molecule has 0 saturated heterocycles. The highest BCUT2D eigenvalue weighted by molar-refractivity contribution is 7.92. The molecule has 118 valence electrons. The van der Waals surface area contributed by atoms with Gasteiger partial charge in [0.05, 0.1) is 0 Å². The lowest BCUT2D eigenvalue weighted by Crippen LogP contribution is -2.18. The molecule has 3 rings (SSSR count). The molecule has 23 heavy (non-hydrogen) atoms. The Bertz CT molecular complexity index is 943. The second-order valence-electron chi connectivity index (χ2n) is 4.39. The van der Waals surface area contributed by atoms with E-state index in [1.54, 1.807) is 19.1 Å². The number of sulfonamides is 1. The van der Waals surface area contributed by atoms with Crippen LogP contribution in [0.3, 0.4) is 0 Å². The summed E-state index contributed by atoms with van der Waals surface area (Å²) in [6.45, 7) is 1.71. The Labute approximate surface area is 136 Å². The van der Waals surface area contributed by atoms with Gasteiger partial charge in [0, 0.05) is 18.1 Å². The number of nitrogens with zero attached hydrogens (tertiary/aromatic N) is 6. The molecule has 0 spiro atoms. The molecule has 0 radical (unpaired) electrons. The van der Waals surface area contributed by atoms with Crippen molar-refractivity contribution in [3.05, 3.63) is 47.8 Å². The zero-order valence-electron chi connectivity index (χ0n) is 11.8. The van der Waals surface area contributed by atoms with Gasteiger partial charge in [-0.15, -0.1) is 0 Å². The summed E-state index contributed by atoms with van der Waals surface area (Å²) in [7, 11) is -3.98. The van der Waals surface area contributed by atoms with E-state index >= 15 is 0 Å². The molecule has 0 bridgehead atoms. The maximum atomic E-state index is 12.5. The van der Waals surface area contributed by atoms with Crippen LogP contribution in [-0.4, -0.2) is 38.1 Å². The Morgan fingerprint density at radius 3 is 2.61 bits per heavy atom. The van der Waals surface area contributed by atoms with Crippen molar-refractivity contribution in [3.8, 4) is 5.95 Å². The van der Waals surface area contributed by atoms with E-state index in [1.807, 2.05) is 0 Å². The van der Waals surface area contributed by atoms with Crippen LogP contribution >= 0.6 is 11.6 Å². The molecule has 11 heteroatoms. The maximum Gasteiger partial charge on any atom is 0.267 e. The number of halogens is 1. The number of hydrogen-bond donors (Lipinski definition) is 1. The second-order valence-corrected chi connectivity index (χ2v) is 6.40. The number of pyridine rings is 1. The van der Waals surface area contributed by atoms with Crippen LogP contribution in [0.5, 0.6) is 0 Å². The minimum absolute atomic E-state index is 0.0622. The van der Waals surface area contributed by atoms with Crippen molar-refractivity contribution in [2.45, 2.75) is 11.8 Å². The summed E-state index contributed by atoms with van der Waals surface area (Å²) < 4.78 is 28.4. The molecule has 0 fully saturated rings. The van der Waals surface area contributed by atoms with Gasteiger partial charge in [-0.2, -0.15) is 14.8 Å². The average molecular weight is 352 g/mol. The molecule has 0 saturated carbocycles. The highest BCUT2D eigenvalue weighted by Gasteiger charge is 2.22. The molecule has 0 amide bonds. The number of anilines is 1. The van der Waals surface area contributed by atoms with Crippen LogP contribution < -0.4 is 4.72 Å². The van der Waals surface area contributed by atoms with E-state index in [-0.39, 0.29) is 21.9 Å². The van der Waals surface area contributed by atoms with Crippen molar-refractivity contribution < 1.29 is 8.42 Å². The molecule has 9 nitrogen and oxygen atoms in total. The Morgan fingerprint density at radius 1 is 1.17 bits per heavy atom. The number of nitrogens with one attached hydrogen (secondary N) is 1. The van der Waals surface area contributed by atoms with Crippen LogP contribution in [0.15, 0.2) is 41.8 Å². The number of aryl methyl sites for hydroxylation is 1. The third-order valence-electron chi connectivity index (χ3n) is 2.76. The molecule has 3 aromatic heterocycles. The maximum absolute atomic E-state index is 12.5. The Kier molecular flexibility index (Phi) is 3.92. The van der Waals surface area contributed by atoms with Gasteiger partial charge < -0.3 is 0 Å². The summed E-state index contributed by atoms with van der Waals surface area (Å²) >= 11 is 5.91. The summed E-state index contributed by atoms with van der Waals surface area (Å²) in [5, 5.41) is 3.78. The summed E-state index contributed by atoms with van der Waals surface area (Å²) in [4.78, 5) is 15.6. The summed E-state index contributed by atoms with van der Waals surface area (Å²) in [6.07, 6.45) is 4.19. The van der Waals surface area contributed by atoms with Gasteiger partial charge in [0.25, 0.3) is 16.0 Å². The molecule has 0 unspecified atom stereocenters. The van der Waals surface area contributed by atoms with E-state index in [1.165, 1.54) is 24.8 Å². The SMILES string of the molecule is Cc1ccc(S(=O)(=O)Nc2ncnn2-c2ncccn2)c(Cl)n1. The van der Waals surface area contributed by atoms with E-state index in [0.717, 1.165) is 4.68 Å². The molecule has 3 heterocycles. The van der Waals surface area contributed by atoms with E-state index in [4.69, 9.17) is 11.6 Å². The van der Waals surface area contributed by atoms with Gasteiger partial charge in [-0.25, -0.2) is 28.1 Å². The standard InChI is InChI=1S/C12H10ClN7O2S/c1-8-3-4-9(10(13)18-8)23(21,22)19-12-16-7-17-20(12)11-14-5-2-6-15-11/h2-7H,1H3,(H,16,17,19). The van der Waals surface area contributed by atoms with Gasteiger partial charge in [-0.05, 0) is 25.1 Å². The quantitative estimate of drug-likeness (QED) is 0.702. The monoisotopic (exact) mass is 351 g/mol. The first kappa shape index (κ1) is 15.3. The lowest BCUT2D eigenvalue weighted by Gasteiger charge is -2.09. The van der Waals surface area contributed by atoms with Crippen molar-refractivity contribution in [3.63, 3.8) is 0 Å². The fraction of sp³-hybridized carbons (Fsp3) is 0.0833. The van der Waals surface area contributed by atoms with Crippen LogP contribution in [0.2, 0.25) is 5.15 Å². The van der Waals surface area contributed by atoms with Crippen molar-refractivity contribution in [1.29, 1.82) is 0 Å². The van der Waals surface area contributed by atoms with E-state index < -0.39 is 10.0 Å². The van der Waals surface area contributed by atoms with E-state index in [2.05, 4.69) is 29.8 Å². The molecule has 0 aromatic carbocycles. The van der Waals surface area contributed by atoms with Crippen molar-refractivity contribution in [2.24, 2.45) is 0 Å². The van der Waals surface area contributed by atoms with Gasteiger partial charge in [0.1, 0.15) is 16.4 Å². The van der Waals surface area contributed by atoms with E-state index in [9.17, 15) is 8.42 Å². The highest BCUT2D eigenvalue weighted by Crippen LogP contribution is 2.22. The normalized spacial score (nSPS) is 11.4. The van der Waals surface area contributed by atoms with Gasteiger partial charge in [0.2, 0.25) is 5.95 Å². The Morgan fingerprint density at radius 2 is 1.91 bits per heavy atom. The molecule has 0 aliphatic carbocycles. The number of aromatic nitrogens is 6. The lowest BCUT2D eigenvalue weighted by molar-refractivity contribution is 0.600. The minimum atomic E-state index is -3.98. The first-order valence-electron chi connectivity index (χ1n) is 6.31. The number of hydrogen-bond acceptors (Lipinski definition) is 7. The van der Waals surface area contributed by atoms with Crippen molar-refractivity contribution >= 4 is 27.6 Å². The minimum Gasteiger partial charge on any atom is -0.247 e. The molecule has 1 N–H and O–H groups in total. The topological polar surface area (TPSA) is 116 Å². The highest BCUT2D eigenvalue weighted by atomic mass is 35.5. The van der Waals surface area contributed by atoms with Gasteiger partial charge in [-0.3, -0.25) is 0 Å². The third-order valence-corrected chi connectivity index (χ3v) is 4.52. The molecular weight excluding hydrogens is 342 g/mol. The molecule has 0 aliphatic heterocycles.